The average Bonchev–Trinajstić information content (AvgIpc) is 3.08. The van der Waals surface area contributed by atoms with Crippen molar-refractivity contribution >= 4 is 5.91 Å². The van der Waals surface area contributed by atoms with Crippen LogP contribution >= 0.6 is 0 Å². The Labute approximate surface area is 289 Å². The Morgan fingerprint density at radius 2 is 1.27 bits per heavy atom. The topological polar surface area (TPSA) is 149 Å². The molecule has 1 heterocycles. The molecule has 1 amide bonds. The molecule has 0 spiro atoms. The quantitative estimate of drug-likeness (QED) is 0.0510. The molecule has 9 heteroatoms. The predicted octanol–water partition coefficient (Wildman–Crippen LogP) is 5.65. The van der Waals surface area contributed by atoms with Gasteiger partial charge in [-0.15, -0.1) is 0 Å². The summed E-state index contributed by atoms with van der Waals surface area (Å²) < 4.78 is 11.1. The van der Waals surface area contributed by atoms with Crippen LogP contribution in [0.2, 0.25) is 0 Å². The number of amides is 1. The second kappa shape index (κ2) is 29.3. The number of ether oxygens (including phenoxy) is 2. The predicted molar refractivity (Wildman–Crippen MR) is 193 cm³/mol. The molecule has 0 aromatic heterocycles. The molecule has 0 aromatic carbocycles. The summed E-state index contributed by atoms with van der Waals surface area (Å²) in [7, 11) is 0. The molecule has 0 saturated carbocycles. The van der Waals surface area contributed by atoms with E-state index in [-0.39, 0.29) is 18.9 Å². The first kappa shape index (κ1) is 43.4. The molecule has 9 nitrogen and oxygen atoms in total. The Hall–Kier alpha value is -2.63. The van der Waals surface area contributed by atoms with Gasteiger partial charge in [-0.05, 0) is 64.2 Å². The van der Waals surface area contributed by atoms with Crippen LogP contribution in [-0.2, 0) is 14.3 Å². The number of allylic oxidation sites excluding steroid dienone is 13. The first-order valence-corrected chi connectivity index (χ1v) is 17.8. The van der Waals surface area contributed by atoms with Gasteiger partial charge in [0.05, 0.1) is 25.4 Å². The Morgan fingerprint density at radius 1 is 0.729 bits per heavy atom. The Bertz CT molecular complexity index is 1020. The highest BCUT2D eigenvalue weighted by atomic mass is 16.7. The van der Waals surface area contributed by atoms with Crippen molar-refractivity contribution < 1.29 is 39.8 Å². The fourth-order valence-corrected chi connectivity index (χ4v) is 4.78. The number of hydrogen-bond acceptors (Lipinski definition) is 8. The van der Waals surface area contributed by atoms with Gasteiger partial charge in [-0.2, -0.15) is 0 Å². The second-order valence-electron chi connectivity index (χ2n) is 11.9. The van der Waals surface area contributed by atoms with Crippen LogP contribution in [0.25, 0.3) is 0 Å². The molecule has 6 N–H and O–H groups in total. The number of unbranched alkanes of at least 4 members (excludes halogenated alkanes) is 4. The summed E-state index contributed by atoms with van der Waals surface area (Å²) in [6.07, 6.45) is 32.2. The van der Waals surface area contributed by atoms with Crippen molar-refractivity contribution in [2.24, 2.45) is 0 Å². The molecule has 0 aromatic rings. The van der Waals surface area contributed by atoms with E-state index in [1.54, 1.807) is 6.08 Å². The molecule has 0 bridgehead atoms. The number of carbonyl (C=O) groups excluding carboxylic acids is 1. The van der Waals surface area contributed by atoms with Gasteiger partial charge in [0.2, 0.25) is 5.91 Å². The molecule has 1 fully saturated rings. The molecule has 0 aliphatic carbocycles. The van der Waals surface area contributed by atoms with E-state index in [9.17, 15) is 30.3 Å². The van der Waals surface area contributed by atoms with E-state index < -0.39 is 49.5 Å². The highest BCUT2D eigenvalue weighted by Gasteiger charge is 2.44. The molecule has 1 aliphatic rings. The lowest BCUT2D eigenvalue weighted by Gasteiger charge is -2.40. The molecule has 0 radical (unpaired) electrons. The van der Waals surface area contributed by atoms with Crippen LogP contribution in [-0.4, -0.2) is 87.5 Å². The van der Waals surface area contributed by atoms with Crippen molar-refractivity contribution in [3.8, 4) is 0 Å². The van der Waals surface area contributed by atoms with Crippen LogP contribution in [0.3, 0.4) is 0 Å². The SMILES string of the molecule is CC/C=C\C/C=C\C/C=C\C/C=C\C/C=C\CCCC(=O)NC(COC1OC(CO)C(O)C(O)C1O)C(O)/C=C/CC/C=C/CCCC. The zero-order chi connectivity index (χ0) is 35.2. The van der Waals surface area contributed by atoms with Crippen molar-refractivity contribution in [3.63, 3.8) is 0 Å². The maximum atomic E-state index is 12.8. The molecular weight excluding hydrogens is 610 g/mol. The summed E-state index contributed by atoms with van der Waals surface area (Å²) in [6, 6.07) is -0.852. The third kappa shape index (κ3) is 20.7. The lowest BCUT2D eigenvalue weighted by Crippen LogP contribution is -2.60. The van der Waals surface area contributed by atoms with E-state index in [0.29, 0.717) is 6.42 Å². The van der Waals surface area contributed by atoms with E-state index >= 15 is 0 Å². The molecular formula is C39H63NO8. The minimum absolute atomic E-state index is 0.231. The molecule has 272 valence electrons. The normalized spacial score (nSPS) is 23.7. The summed E-state index contributed by atoms with van der Waals surface area (Å²) in [5.74, 6) is -0.254. The van der Waals surface area contributed by atoms with Crippen molar-refractivity contribution in [3.05, 3.63) is 85.1 Å². The third-order valence-electron chi connectivity index (χ3n) is 7.70. The number of aliphatic hydroxyl groups is 5. The Morgan fingerprint density at radius 3 is 1.88 bits per heavy atom. The third-order valence-corrected chi connectivity index (χ3v) is 7.70. The number of aliphatic hydroxyl groups excluding tert-OH is 5. The minimum Gasteiger partial charge on any atom is -0.394 e. The van der Waals surface area contributed by atoms with Crippen LogP contribution in [0.1, 0.15) is 97.3 Å². The minimum atomic E-state index is -1.58. The van der Waals surface area contributed by atoms with Gasteiger partial charge in [0.1, 0.15) is 24.4 Å². The van der Waals surface area contributed by atoms with Crippen molar-refractivity contribution in [2.45, 2.75) is 140 Å². The van der Waals surface area contributed by atoms with Gasteiger partial charge in [-0.1, -0.05) is 112 Å². The number of nitrogens with one attached hydrogen (secondary N) is 1. The summed E-state index contributed by atoms with van der Waals surface area (Å²) in [6.45, 7) is 3.47. The molecule has 1 aliphatic heterocycles. The number of rotatable bonds is 26. The monoisotopic (exact) mass is 673 g/mol. The van der Waals surface area contributed by atoms with E-state index in [0.717, 1.165) is 70.6 Å². The highest BCUT2D eigenvalue weighted by Crippen LogP contribution is 2.22. The Kier molecular flexibility index (Phi) is 26.5. The fourth-order valence-electron chi connectivity index (χ4n) is 4.78. The van der Waals surface area contributed by atoms with Gasteiger partial charge in [-0.25, -0.2) is 0 Å². The van der Waals surface area contributed by atoms with Crippen LogP contribution in [0.5, 0.6) is 0 Å². The van der Waals surface area contributed by atoms with E-state index in [4.69, 9.17) is 9.47 Å². The van der Waals surface area contributed by atoms with Crippen molar-refractivity contribution in [2.75, 3.05) is 13.2 Å². The van der Waals surface area contributed by atoms with E-state index in [1.165, 1.54) is 0 Å². The van der Waals surface area contributed by atoms with Gasteiger partial charge >= 0.3 is 0 Å². The lowest BCUT2D eigenvalue weighted by atomic mass is 9.99. The Balaban J connectivity index is 2.52. The fraction of sp³-hybridized carbons (Fsp3) is 0.615. The zero-order valence-corrected chi connectivity index (χ0v) is 29.2. The van der Waals surface area contributed by atoms with Crippen LogP contribution in [0.15, 0.2) is 85.1 Å². The largest absolute Gasteiger partial charge is 0.394 e. The van der Waals surface area contributed by atoms with Gasteiger partial charge < -0.3 is 40.3 Å². The smallest absolute Gasteiger partial charge is 0.220 e. The number of carbonyl (C=O) groups is 1. The van der Waals surface area contributed by atoms with E-state index in [1.807, 2.05) is 6.08 Å². The summed E-state index contributed by atoms with van der Waals surface area (Å²) in [4.78, 5) is 12.8. The summed E-state index contributed by atoms with van der Waals surface area (Å²) in [5, 5.41) is 53.6. The summed E-state index contributed by atoms with van der Waals surface area (Å²) in [5.41, 5.74) is 0. The molecule has 48 heavy (non-hydrogen) atoms. The second-order valence-corrected chi connectivity index (χ2v) is 11.9. The van der Waals surface area contributed by atoms with E-state index in [2.05, 4.69) is 92.1 Å². The van der Waals surface area contributed by atoms with Crippen molar-refractivity contribution in [1.29, 1.82) is 0 Å². The zero-order valence-electron chi connectivity index (χ0n) is 29.2. The van der Waals surface area contributed by atoms with Crippen LogP contribution in [0.4, 0.5) is 0 Å². The molecule has 7 unspecified atom stereocenters. The van der Waals surface area contributed by atoms with Gasteiger partial charge in [0, 0.05) is 6.42 Å². The number of hydrogen-bond donors (Lipinski definition) is 6. The summed E-state index contributed by atoms with van der Waals surface area (Å²) >= 11 is 0. The van der Waals surface area contributed by atoms with Gasteiger partial charge in [0.15, 0.2) is 6.29 Å². The first-order valence-electron chi connectivity index (χ1n) is 17.8. The maximum absolute atomic E-state index is 12.8. The lowest BCUT2D eigenvalue weighted by molar-refractivity contribution is -0.302. The van der Waals surface area contributed by atoms with Crippen molar-refractivity contribution in [1.82, 2.24) is 5.32 Å². The molecule has 1 rings (SSSR count). The standard InChI is InChI=1S/C39H63NO8/c1-3-5-7-9-11-13-14-15-16-17-18-19-20-21-23-25-27-29-35(43)40-32(33(42)28-26-24-22-12-10-8-6-4-2)31-47-39-38(46)37(45)36(44)34(30-41)48-39/h5,7,10-13,15-16,18-19,21,23,26,28,32-34,36-39,41-42,44-46H,3-4,6,8-9,14,17,20,22,24-25,27,29-31H2,1-2H3,(H,40,43)/b7-5-,12-10+,13-11-,16-15-,19-18-,23-21-,28-26+. The molecule has 1 saturated heterocycles. The maximum Gasteiger partial charge on any atom is 0.220 e. The first-order chi connectivity index (χ1) is 23.3. The molecule has 7 atom stereocenters. The van der Waals surface area contributed by atoms with Gasteiger partial charge in [0.25, 0.3) is 0 Å². The average molecular weight is 674 g/mol. The highest BCUT2D eigenvalue weighted by molar-refractivity contribution is 5.76. The van der Waals surface area contributed by atoms with Gasteiger partial charge in [-0.3, -0.25) is 4.79 Å². The van der Waals surface area contributed by atoms with Crippen LogP contribution < -0.4 is 5.32 Å². The van der Waals surface area contributed by atoms with Crippen LogP contribution in [0, 0.1) is 0 Å².